The van der Waals surface area contributed by atoms with E-state index < -0.39 is 0 Å². The molecule has 0 aliphatic heterocycles. The molecule has 5 heteroatoms. The first kappa shape index (κ1) is 18.9. The van der Waals surface area contributed by atoms with Gasteiger partial charge < -0.3 is 19.5 Å². The summed E-state index contributed by atoms with van der Waals surface area (Å²) in [7, 11) is 4.68. The maximum atomic E-state index is 12.6. The lowest BCUT2D eigenvalue weighted by atomic mass is 10.0. The summed E-state index contributed by atoms with van der Waals surface area (Å²) in [5.41, 5.74) is 4.24. The van der Waals surface area contributed by atoms with Crippen LogP contribution in [-0.4, -0.2) is 27.2 Å². The molecule has 0 saturated heterocycles. The maximum Gasteiger partial charge on any atom is 0.248 e. The zero-order valence-electron chi connectivity index (χ0n) is 16.7. The van der Waals surface area contributed by atoms with E-state index in [2.05, 4.69) is 23.5 Å². The van der Waals surface area contributed by atoms with Crippen LogP contribution >= 0.6 is 0 Å². The van der Waals surface area contributed by atoms with Crippen LogP contribution in [0.5, 0.6) is 17.2 Å². The molecule has 1 aliphatic rings. The highest BCUT2D eigenvalue weighted by Gasteiger charge is 2.17. The number of nitrogens with one attached hydrogen (secondary N) is 1. The van der Waals surface area contributed by atoms with E-state index >= 15 is 0 Å². The average Bonchev–Trinajstić information content (AvgIpc) is 3.18. The molecule has 1 aliphatic carbocycles. The third-order valence-electron chi connectivity index (χ3n) is 5.28. The van der Waals surface area contributed by atoms with Gasteiger partial charge in [0.15, 0.2) is 11.5 Å². The molecule has 0 spiro atoms. The summed E-state index contributed by atoms with van der Waals surface area (Å²) in [5, 5.41) is 5.36. The van der Waals surface area contributed by atoms with Gasteiger partial charge in [-0.3, -0.25) is 4.79 Å². The molecule has 0 fully saturated rings. The van der Waals surface area contributed by atoms with E-state index in [1.807, 2.05) is 18.2 Å². The number of ether oxygens (including phenoxy) is 3. The Morgan fingerprint density at radius 3 is 2.38 bits per heavy atom. The number of hydrogen-bond donors (Lipinski definition) is 1. The summed E-state index contributed by atoms with van der Waals surface area (Å²) < 4.78 is 16.2. The van der Waals surface area contributed by atoms with Crippen LogP contribution in [-0.2, 0) is 17.6 Å². The van der Waals surface area contributed by atoms with Gasteiger partial charge in [-0.15, -0.1) is 0 Å². The van der Waals surface area contributed by atoms with Gasteiger partial charge in [-0.25, -0.2) is 0 Å². The average molecular weight is 389 g/mol. The topological polar surface area (TPSA) is 56.8 Å². The second-order valence-corrected chi connectivity index (χ2v) is 6.86. The summed E-state index contributed by atoms with van der Waals surface area (Å²) in [6, 6.07) is 14.0. The Kier molecular flexibility index (Phi) is 5.12. The number of aryl methyl sites for hydroxylation is 2. The SMILES string of the molecule is COc1ccc(/C=C/C(=O)Nc2ccc3c4c(cccc24)CC3)c(OC)c1OC. The highest BCUT2D eigenvalue weighted by molar-refractivity contribution is 6.09. The van der Waals surface area contributed by atoms with Gasteiger partial charge in [-0.05, 0) is 53.6 Å². The predicted molar refractivity (Wildman–Crippen MR) is 115 cm³/mol. The van der Waals surface area contributed by atoms with Crippen molar-refractivity contribution < 1.29 is 19.0 Å². The monoisotopic (exact) mass is 389 g/mol. The number of hydrogen-bond acceptors (Lipinski definition) is 4. The van der Waals surface area contributed by atoms with Gasteiger partial charge in [-0.1, -0.05) is 24.3 Å². The van der Waals surface area contributed by atoms with Crippen molar-refractivity contribution in [2.45, 2.75) is 12.8 Å². The van der Waals surface area contributed by atoms with E-state index in [0.29, 0.717) is 17.2 Å². The molecule has 1 amide bonds. The fourth-order valence-corrected chi connectivity index (χ4v) is 3.95. The van der Waals surface area contributed by atoms with Gasteiger partial charge in [0.2, 0.25) is 11.7 Å². The summed E-state index contributed by atoms with van der Waals surface area (Å²) in [5.74, 6) is 1.37. The van der Waals surface area contributed by atoms with E-state index in [9.17, 15) is 4.79 Å². The summed E-state index contributed by atoms with van der Waals surface area (Å²) in [6.07, 6.45) is 5.31. The third-order valence-corrected chi connectivity index (χ3v) is 5.28. The quantitative estimate of drug-likeness (QED) is 0.625. The van der Waals surface area contributed by atoms with Crippen molar-refractivity contribution >= 4 is 28.4 Å². The van der Waals surface area contributed by atoms with Crippen molar-refractivity contribution in [3.63, 3.8) is 0 Å². The van der Waals surface area contributed by atoms with Crippen molar-refractivity contribution in [3.05, 3.63) is 65.2 Å². The molecule has 0 saturated carbocycles. The Labute approximate surface area is 169 Å². The van der Waals surface area contributed by atoms with Crippen molar-refractivity contribution in [1.29, 1.82) is 0 Å². The van der Waals surface area contributed by atoms with Crippen LogP contribution in [0.25, 0.3) is 16.8 Å². The molecule has 5 nitrogen and oxygen atoms in total. The van der Waals surface area contributed by atoms with Crippen LogP contribution in [0.3, 0.4) is 0 Å². The number of benzene rings is 3. The first-order valence-corrected chi connectivity index (χ1v) is 9.47. The summed E-state index contributed by atoms with van der Waals surface area (Å²) in [4.78, 5) is 12.6. The Morgan fingerprint density at radius 2 is 1.66 bits per heavy atom. The lowest BCUT2D eigenvalue weighted by molar-refractivity contribution is -0.111. The molecule has 3 aromatic carbocycles. The van der Waals surface area contributed by atoms with Gasteiger partial charge in [0.1, 0.15) is 0 Å². The normalized spacial score (nSPS) is 12.4. The minimum atomic E-state index is -0.208. The highest BCUT2D eigenvalue weighted by Crippen LogP contribution is 2.40. The molecule has 1 N–H and O–H groups in total. The van der Waals surface area contributed by atoms with Crippen molar-refractivity contribution in [2.24, 2.45) is 0 Å². The second kappa shape index (κ2) is 7.87. The number of methoxy groups -OCH3 is 3. The van der Waals surface area contributed by atoms with Crippen LogP contribution in [0.15, 0.2) is 48.5 Å². The lowest BCUT2D eigenvalue weighted by Crippen LogP contribution is -2.08. The molecule has 0 bridgehead atoms. The molecule has 0 unspecified atom stereocenters. The molecular formula is C24H23NO4. The Bertz CT molecular complexity index is 1110. The standard InChI is InChI=1S/C24H23NO4/c1-27-20-13-10-17(23(28-2)24(20)29-3)11-14-21(26)25-19-12-9-16-8-7-15-5-4-6-18(19)22(15)16/h4-6,9-14H,7-8H2,1-3H3,(H,25,26)/b14-11+. The number of anilines is 1. The van der Waals surface area contributed by atoms with Gasteiger partial charge >= 0.3 is 0 Å². The van der Waals surface area contributed by atoms with Gasteiger partial charge in [0.25, 0.3) is 0 Å². The number of carbonyl (C=O) groups excluding carboxylic acids is 1. The maximum absolute atomic E-state index is 12.6. The molecular weight excluding hydrogens is 366 g/mol. The fourth-order valence-electron chi connectivity index (χ4n) is 3.95. The Morgan fingerprint density at radius 1 is 0.897 bits per heavy atom. The van der Waals surface area contributed by atoms with Crippen LogP contribution < -0.4 is 19.5 Å². The van der Waals surface area contributed by atoms with Crippen LogP contribution in [0.2, 0.25) is 0 Å². The third kappa shape index (κ3) is 3.40. The van der Waals surface area contributed by atoms with Crippen LogP contribution in [0, 0.1) is 0 Å². The smallest absolute Gasteiger partial charge is 0.248 e. The van der Waals surface area contributed by atoms with Crippen molar-refractivity contribution in [1.82, 2.24) is 0 Å². The molecule has 148 valence electrons. The Hall–Kier alpha value is -3.47. The molecule has 29 heavy (non-hydrogen) atoms. The minimum Gasteiger partial charge on any atom is -0.493 e. The van der Waals surface area contributed by atoms with Crippen molar-refractivity contribution in [3.8, 4) is 17.2 Å². The summed E-state index contributed by atoms with van der Waals surface area (Å²) in [6.45, 7) is 0. The van der Waals surface area contributed by atoms with Crippen molar-refractivity contribution in [2.75, 3.05) is 26.6 Å². The summed E-state index contributed by atoms with van der Waals surface area (Å²) >= 11 is 0. The first-order chi connectivity index (χ1) is 14.2. The number of amides is 1. The molecule has 0 radical (unpaired) electrons. The number of rotatable bonds is 6. The zero-order valence-corrected chi connectivity index (χ0v) is 16.7. The van der Waals surface area contributed by atoms with E-state index in [0.717, 1.165) is 29.5 Å². The largest absolute Gasteiger partial charge is 0.493 e. The van der Waals surface area contributed by atoms with Gasteiger partial charge in [0, 0.05) is 22.7 Å². The lowest BCUT2D eigenvalue weighted by Gasteiger charge is -2.14. The van der Waals surface area contributed by atoms with E-state index in [1.165, 1.54) is 22.6 Å². The molecule has 0 atom stereocenters. The molecule has 0 aromatic heterocycles. The van der Waals surface area contributed by atoms with Crippen LogP contribution in [0.4, 0.5) is 5.69 Å². The van der Waals surface area contributed by atoms with Gasteiger partial charge in [0.05, 0.1) is 21.3 Å². The number of carbonyl (C=O) groups is 1. The van der Waals surface area contributed by atoms with Crippen LogP contribution in [0.1, 0.15) is 16.7 Å². The predicted octanol–water partition coefficient (Wildman–Crippen LogP) is 4.62. The zero-order chi connectivity index (χ0) is 20.4. The van der Waals surface area contributed by atoms with E-state index in [1.54, 1.807) is 33.5 Å². The second-order valence-electron chi connectivity index (χ2n) is 6.86. The van der Waals surface area contributed by atoms with E-state index in [-0.39, 0.29) is 5.91 Å². The fraction of sp³-hybridized carbons (Fsp3) is 0.208. The van der Waals surface area contributed by atoms with E-state index in [4.69, 9.17) is 14.2 Å². The van der Waals surface area contributed by atoms with Gasteiger partial charge in [-0.2, -0.15) is 0 Å². The minimum absolute atomic E-state index is 0.208. The highest BCUT2D eigenvalue weighted by atomic mass is 16.5. The first-order valence-electron chi connectivity index (χ1n) is 9.47. The molecule has 0 heterocycles. The Balaban J connectivity index is 1.60. The molecule has 4 rings (SSSR count). The molecule has 3 aromatic rings.